The van der Waals surface area contributed by atoms with E-state index in [4.69, 9.17) is 9.47 Å². The fourth-order valence-corrected chi connectivity index (χ4v) is 1.03. The van der Waals surface area contributed by atoms with Crippen molar-refractivity contribution in [3.8, 4) is 0 Å². The van der Waals surface area contributed by atoms with Crippen LogP contribution in [0.2, 0.25) is 0 Å². The lowest BCUT2D eigenvalue weighted by Crippen LogP contribution is -2.25. The van der Waals surface area contributed by atoms with Crippen molar-refractivity contribution >= 4 is 12.1 Å². The Hall–Kier alpha value is -1.26. The second-order valence-corrected chi connectivity index (χ2v) is 3.96. The molecule has 0 N–H and O–H groups in total. The Kier molecular flexibility index (Phi) is 3.94. The molecule has 0 radical (unpaired) electrons. The van der Waals surface area contributed by atoms with Crippen molar-refractivity contribution in [1.29, 1.82) is 0 Å². The van der Waals surface area contributed by atoms with Crippen LogP contribution in [-0.4, -0.2) is 31.4 Å². The van der Waals surface area contributed by atoms with Gasteiger partial charge in [-0.1, -0.05) is 20.8 Å². The first kappa shape index (κ1) is 11.8. The van der Waals surface area contributed by atoms with E-state index in [1.165, 1.54) is 0 Å². The van der Waals surface area contributed by atoms with Gasteiger partial charge in [-0.2, -0.15) is 0 Å². The van der Waals surface area contributed by atoms with Crippen molar-refractivity contribution in [3.05, 3.63) is 0 Å². The van der Waals surface area contributed by atoms with Crippen LogP contribution in [-0.2, 0) is 19.0 Å². The molecule has 0 saturated carbocycles. The summed E-state index contributed by atoms with van der Waals surface area (Å²) >= 11 is 0. The average Bonchev–Trinajstić information content (AvgIpc) is 2.59. The number of carbonyl (C=O) groups excluding carboxylic acids is 2. The van der Waals surface area contributed by atoms with E-state index in [9.17, 15) is 9.59 Å². The van der Waals surface area contributed by atoms with Crippen molar-refractivity contribution in [1.82, 2.24) is 0 Å². The number of esters is 1. The normalized spacial score (nSPS) is 22.1. The van der Waals surface area contributed by atoms with E-state index in [1.54, 1.807) is 0 Å². The van der Waals surface area contributed by atoms with E-state index in [2.05, 4.69) is 4.74 Å². The first-order valence-corrected chi connectivity index (χ1v) is 5.00. The highest BCUT2D eigenvalue weighted by molar-refractivity contribution is 5.72. The molecule has 0 aliphatic carbocycles. The van der Waals surface area contributed by atoms with Gasteiger partial charge in [-0.05, 0) is 5.92 Å². The van der Waals surface area contributed by atoms with Gasteiger partial charge in [0.2, 0.25) is 0 Å². The molecule has 5 heteroatoms. The van der Waals surface area contributed by atoms with E-state index >= 15 is 0 Å². The smallest absolute Gasteiger partial charge is 0.461 e. The monoisotopic (exact) mass is 216 g/mol. The largest absolute Gasteiger partial charge is 0.508 e. The lowest BCUT2D eigenvalue weighted by Gasteiger charge is -2.15. The number of carbonyl (C=O) groups is 2. The number of cyclic esters (lactones) is 2. The zero-order valence-electron chi connectivity index (χ0n) is 9.19. The quantitative estimate of drug-likeness (QED) is 0.664. The zero-order valence-corrected chi connectivity index (χ0v) is 9.19. The highest BCUT2D eigenvalue weighted by Crippen LogP contribution is 2.13. The third kappa shape index (κ3) is 3.42. The van der Waals surface area contributed by atoms with E-state index in [0.29, 0.717) is 0 Å². The molecule has 0 aromatic rings. The predicted octanol–water partition coefficient (Wildman–Crippen LogP) is 1.36. The van der Waals surface area contributed by atoms with Crippen LogP contribution in [0, 0.1) is 11.8 Å². The van der Waals surface area contributed by atoms with E-state index in [-0.39, 0.29) is 31.0 Å². The Labute approximate surface area is 88.7 Å². The summed E-state index contributed by atoms with van der Waals surface area (Å²) in [5, 5.41) is 0. The predicted molar refractivity (Wildman–Crippen MR) is 51.2 cm³/mol. The SMILES string of the molecule is CC(C)C(C)C(=O)OCC1COC(=O)O1. The third-order valence-corrected chi connectivity index (χ3v) is 2.43. The van der Waals surface area contributed by atoms with Gasteiger partial charge in [0.1, 0.15) is 13.2 Å². The van der Waals surface area contributed by atoms with Gasteiger partial charge >= 0.3 is 12.1 Å². The molecule has 1 aliphatic heterocycles. The molecule has 1 saturated heterocycles. The molecule has 86 valence electrons. The van der Waals surface area contributed by atoms with E-state index in [0.717, 1.165) is 0 Å². The van der Waals surface area contributed by atoms with Gasteiger partial charge in [0.15, 0.2) is 6.10 Å². The summed E-state index contributed by atoms with van der Waals surface area (Å²) in [6.07, 6.45) is -1.16. The molecular formula is C10H16O5. The van der Waals surface area contributed by atoms with Crippen LogP contribution in [0.15, 0.2) is 0 Å². The average molecular weight is 216 g/mol. The van der Waals surface area contributed by atoms with Crippen LogP contribution in [0.3, 0.4) is 0 Å². The fourth-order valence-electron chi connectivity index (χ4n) is 1.03. The number of hydrogen-bond acceptors (Lipinski definition) is 5. The summed E-state index contributed by atoms with van der Waals surface area (Å²) in [4.78, 5) is 22.0. The van der Waals surface area contributed by atoms with Crippen molar-refractivity contribution in [2.75, 3.05) is 13.2 Å². The minimum atomic E-state index is -0.701. The topological polar surface area (TPSA) is 61.8 Å². The molecule has 0 bridgehead atoms. The van der Waals surface area contributed by atoms with Crippen molar-refractivity contribution < 1.29 is 23.8 Å². The highest BCUT2D eigenvalue weighted by atomic mass is 16.8. The minimum absolute atomic E-state index is 0.0711. The number of hydrogen-bond donors (Lipinski definition) is 0. The van der Waals surface area contributed by atoms with E-state index < -0.39 is 12.3 Å². The fraction of sp³-hybridized carbons (Fsp3) is 0.800. The summed E-state index contributed by atoms with van der Waals surface area (Å²) < 4.78 is 14.3. The first-order valence-electron chi connectivity index (χ1n) is 5.00. The summed E-state index contributed by atoms with van der Waals surface area (Å²) in [7, 11) is 0. The first-order chi connectivity index (χ1) is 7.00. The van der Waals surface area contributed by atoms with Gasteiger partial charge in [0, 0.05) is 0 Å². The van der Waals surface area contributed by atoms with Crippen LogP contribution in [0.5, 0.6) is 0 Å². The van der Waals surface area contributed by atoms with Gasteiger partial charge in [-0.25, -0.2) is 4.79 Å². The molecule has 15 heavy (non-hydrogen) atoms. The lowest BCUT2D eigenvalue weighted by atomic mass is 9.99. The summed E-state index contributed by atoms with van der Waals surface area (Å²) in [5.74, 6) is -0.184. The molecule has 1 rings (SSSR count). The standard InChI is InChI=1S/C10H16O5/c1-6(2)7(3)9(11)13-4-8-5-14-10(12)15-8/h6-8H,4-5H2,1-3H3. The van der Waals surface area contributed by atoms with Crippen LogP contribution in [0.4, 0.5) is 4.79 Å². The molecule has 0 aromatic heterocycles. The molecule has 1 heterocycles. The summed E-state index contributed by atoms with van der Waals surface area (Å²) in [6.45, 7) is 5.93. The van der Waals surface area contributed by atoms with Gasteiger partial charge < -0.3 is 14.2 Å². The van der Waals surface area contributed by atoms with Gasteiger partial charge in [0.25, 0.3) is 0 Å². The van der Waals surface area contributed by atoms with Crippen LogP contribution >= 0.6 is 0 Å². The molecule has 1 aliphatic rings. The van der Waals surface area contributed by atoms with Gasteiger partial charge in [-0.15, -0.1) is 0 Å². The molecule has 0 aromatic carbocycles. The Bertz CT molecular complexity index is 248. The molecule has 0 spiro atoms. The minimum Gasteiger partial charge on any atom is -0.461 e. The maximum absolute atomic E-state index is 11.4. The summed E-state index contributed by atoms with van der Waals surface area (Å²) in [5.41, 5.74) is 0. The van der Waals surface area contributed by atoms with Crippen molar-refractivity contribution in [3.63, 3.8) is 0 Å². The molecule has 5 nitrogen and oxygen atoms in total. The van der Waals surface area contributed by atoms with Crippen LogP contribution < -0.4 is 0 Å². The zero-order chi connectivity index (χ0) is 11.4. The Morgan fingerprint density at radius 1 is 1.53 bits per heavy atom. The molecular weight excluding hydrogens is 200 g/mol. The second kappa shape index (κ2) is 5.00. The van der Waals surface area contributed by atoms with Gasteiger partial charge in [0.05, 0.1) is 5.92 Å². The summed E-state index contributed by atoms with van der Waals surface area (Å²) in [6, 6.07) is 0. The van der Waals surface area contributed by atoms with Crippen LogP contribution in [0.1, 0.15) is 20.8 Å². The highest BCUT2D eigenvalue weighted by Gasteiger charge is 2.27. The molecule has 2 atom stereocenters. The maximum atomic E-state index is 11.4. The molecule has 1 fully saturated rings. The third-order valence-electron chi connectivity index (χ3n) is 2.43. The Morgan fingerprint density at radius 3 is 2.67 bits per heavy atom. The molecule has 0 amide bonds. The van der Waals surface area contributed by atoms with Gasteiger partial charge in [-0.3, -0.25) is 4.79 Å². The van der Waals surface area contributed by atoms with Crippen molar-refractivity contribution in [2.24, 2.45) is 11.8 Å². The van der Waals surface area contributed by atoms with Crippen molar-refractivity contribution in [2.45, 2.75) is 26.9 Å². The second-order valence-electron chi connectivity index (χ2n) is 3.96. The van der Waals surface area contributed by atoms with E-state index in [1.807, 2.05) is 20.8 Å². The number of ether oxygens (including phenoxy) is 3. The Balaban J connectivity index is 2.25. The Morgan fingerprint density at radius 2 is 2.20 bits per heavy atom. The number of rotatable bonds is 4. The van der Waals surface area contributed by atoms with Crippen LogP contribution in [0.25, 0.3) is 0 Å². The molecule has 2 unspecified atom stereocenters. The maximum Gasteiger partial charge on any atom is 0.508 e. The lowest BCUT2D eigenvalue weighted by molar-refractivity contribution is -0.151.